The first kappa shape index (κ1) is 21.2. The van der Waals surface area contributed by atoms with Crippen molar-refractivity contribution in [1.29, 1.82) is 0 Å². The predicted octanol–water partition coefficient (Wildman–Crippen LogP) is 5.74. The molecule has 3 aromatic carbocycles. The number of benzene rings is 3. The Labute approximate surface area is 181 Å². The van der Waals surface area contributed by atoms with E-state index in [0.717, 1.165) is 28.7 Å². The van der Waals surface area contributed by atoms with Crippen LogP contribution in [-0.4, -0.2) is 21.8 Å². The van der Waals surface area contributed by atoms with E-state index >= 15 is 0 Å². The molecule has 0 saturated carbocycles. The Balaban J connectivity index is 1.53. The number of fused-ring (bicyclic) bond motifs is 1. The van der Waals surface area contributed by atoms with Crippen LogP contribution in [0.25, 0.3) is 23.2 Å². The van der Waals surface area contributed by atoms with Gasteiger partial charge in [-0.1, -0.05) is 48.5 Å². The van der Waals surface area contributed by atoms with E-state index in [9.17, 15) is 18.0 Å². The van der Waals surface area contributed by atoms with Crippen molar-refractivity contribution in [2.24, 2.45) is 0 Å². The van der Waals surface area contributed by atoms with E-state index in [1.54, 1.807) is 4.57 Å². The van der Waals surface area contributed by atoms with Gasteiger partial charge in [0, 0.05) is 5.69 Å². The highest BCUT2D eigenvalue weighted by atomic mass is 19.4. The van der Waals surface area contributed by atoms with E-state index in [1.807, 2.05) is 66.7 Å². The average Bonchev–Trinajstić information content (AvgIpc) is 3.11. The number of anilines is 1. The van der Waals surface area contributed by atoms with Gasteiger partial charge in [-0.2, -0.15) is 0 Å². The number of imidazole rings is 1. The SMILES string of the molecule is O=C(Cn1c(C=Cc2ccccc2)nc2ccccc21)Nc1ccc(OC(F)(F)F)cc1. The van der Waals surface area contributed by atoms with Gasteiger partial charge in [-0.05, 0) is 48.0 Å². The highest BCUT2D eigenvalue weighted by Crippen LogP contribution is 2.24. The third-order valence-corrected chi connectivity index (χ3v) is 4.58. The van der Waals surface area contributed by atoms with Gasteiger partial charge in [0.25, 0.3) is 0 Å². The van der Waals surface area contributed by atoms with Crippen molar-refractivity contribution in [3.63, 3.8) is 0 Å². The number of nitrogens with one attached hydrogen (secondary N) is 1. The van der Waals surface area contributed by atoms with Crippen molar-refractivity contribution in [1.82, 2.24) is 9.55 Å². The molecule has 5 nitrogen and oxygen atoms in total. The molecule has 1 aromatic heterocycles. The van der Waals surface area contributed by atoms with Gasteiger partial charge in [0.2, 0.25) is 5.91 Å². The normalized spacial score (nSPS) is 11.7. The molecule has 32 heavy (non-hydrogen) atoms. The second-order valence-corrected chi connectivity index (χ2v) is 6.91. The lowest BCUT2D eigenvalue weighted by Crippen LogP contribution is -2.19. The Morgan fingerprint density at radius 2 is 1.62 bits per heavy atom. The van der Waals surface area contributed by atoms with Gasteiger partial charge in [0.05, 0.1) is 11.0 Å². The van der Waals surface area contributed by atoms with E-state index in [-0.39, 0.29) is 18.2 Å². The summed E-state index contributed by atoms with van der Waals surface area (Å²) in [7, 11) is 0. The van der Waals surface area contributed by atoms with Gasteiger partial charge >= 0.3 is 6.36 Å². The summed E-state index contributed by atoms with van der Waals surface area (Å²) >= 11 is 0. The fraction of sp³-hybridized carbons (Fsp3) is 0.0833. The van der Waals surface area contributed by atoms with Crippen LogP contribution in [0.4, 0.5) is 18.9 Å². The lowest BCUT2D eigenvalue weighted by atomic mass is 10.2. The number of hydrogen-bond acceptors (Lipinski definition) is 3. The van der Waals surface area contributed by atoms with E-state index in [2.05, 4.69) is 15.0 Å². The molecule has 4 aromatic rings. The molecule has 1 amide bonds. The first-order valence-electron chi connectivity index (χ1n) is 9.71. The zero-order valence-corrected chi connectivity index (χ0v) is 16.7. The predicted molar refractivity (Wildman–Crippen MR) is 117 cm³/mol. The number of rotatable bonds is 6. The summed E-state index contributed by atoms with van der Waals surface area (Å²) in [5, 5.41) is 2.69. The minimum absolute atomic E-state index is 0.0181. The molecule has 8 heteroatoms. The summed E-state index contributed by atoms with van der Waals surface area (Å²) < 4.78 is 42.5. The lowest BCUT2D eigenvalue weighted by molar-refractivity contribution is -0.274. The minimum atomic E-state index is -4.77. The Morgan fingerprint density at radius 3 is 2.34 bits per heavy atom. The molecule has 0 fully saturated rings. The number of ether oxygens (including phenoxy) is 1. The summed E-state index contributed by atoms with van der Waals surface area (Å²) in [6.45, 7) is -0.0181. The number of amides is 1. The fourth-order valence-corrected chi connectivity index (χ4v) is 3.21. The average molecular weight is 437 g/mol. The maximum atomic E-state index is 12.7. The Bertz CT molecular complexity index is 1250. The Kier molecular flexibility index (Phi) is 5.93. The zero-order chi connectivity index (χ0) is 22.6. The monoisotopic (exact) mass is 437 g/mol. The highest BCUT2D eigenvalue weighted by molar-refractivity contribution is 5.92. The van der Waals surface area contributed by atoms with E-state index < -0.39 is 6.36 Å². The number of nitrogens with zero attached hydrogens (tertiary/aromatic N) is 2. The maximum Gasteiger partial charge on any atom is 0.573 e. The molecule has 0 saturated heterocycles. The first-order chi connectivity index (χ1) is 15.4. The Morgan fingerprint density at radius 1 is 0.938 bits per heavy atom. The van der Waals surface area contributed by atoms with Crippen LogP contribution in [-0.2, 0) is 11.3 Å². The maximum absolute atomic E-state index is 12.7. The summed E-state index contributed by atoms with van der Waals surface area (Å²) in [5.41, 5.74) is 2.90. The van der Waals surface area contributed by atoms with E-state index in [1.165, 1.54) is 12.1 Å². The van der Waals surface area contributed by atoms with Crippen LogP contribution in [0.2, 0.25) is 0 Å². The molecule has 0 radical (unpaired) electrons. The summed E-state index contributed by atoms with van der Waals surface area (Å²) in [6, 6.07) is 22.2. The van der Waals surface area contributed by atoms with E-state index in [4.69, 9.17) is 0 Å². The number of para-hydroxylation sites is 2. The highest BCUT2D eigenvalue weighted by Gasteiger charge is 2.31. The number of carbonyl (C=O) groups is 1. The van der Waals surface area contributed by atoms with Crippen molar-refractivity contribution in [3.05, 3.63) is 90.3 Å². The largest absolute Gasteiger partial charge is 0.573 e. The van der Waals surface area contributed by atoms with Crippen molar-refractivity contribution in [2.75, 3.05) is 5.32 Å². The second kappa shape index (κ2) is 8.97. The van der Waals surface area contributed by atoms with Crippen LogP contribution in [0.1, 0.15) is 11.4 Å². The number of alkyl halides is 3. The van der Waals surface area contributed by atoms with Crippen molar-refractivity contribution >= 4 is 34.8 Å². The minimum Gasteiger partial charge on any atom is -0.406 e. The molecular formula is C24H18F3N3O2. The standard InChI is InChI=1S/C24H18F3N3O2/c25-24(26,27)32-19-13-11-18(12-14-19)28-23(31)16-30-21-9-5-4-8-20(21)29-22(30)15-10-17-6-2-1-3-7-17/h1-15H,16H2,(H,28,31). The third kappa shape index (κ3) is 5.34. The molecule has 0 unspecified atom stereocenters. The van der Waals surface area contributed by atoms with Gasteiger partial charge in [0.15, 0.2) is 0 Å². The molecule has 0 aliphatic rings. The molecule has 0 bridgehead atoms. The molecule has 0 aliphatic heterocycles. The smallest absolute Gasteiger partial charge is 0.406 e. The summed E-state index contributed by atoms with van der Waals surface area (Å²) in [5.74, 6) is -0.0874. The second-order valence-electron chi connectivity index (χ2n) is 6.91. The molecule has 1 heterocycles. The molecule has 0 aliphatic carbocycles. The molecule has 1 N–H and O–H groups in total. The van der Waals surface area contributed by atoms with Crippen LogP contribution in [0.3, 0.4) is 0 Å². The van der Waals surface area contributed by atoms with Crippen LogP contribution in [0, 0.1) is 0 Å². The molecule has 0 atom stereocenters. The van der Waals surface area contributed by atoms with Crippen LogP contribution >= 0.6 is 0 Å². The topological polar surface area (TPSA) is 56.2 Å². The van der Waals surface area contributed by atoms with Gasteiger partial charge < -0.3 is 14.6 Å². The van der Waals surface area contributed by atoms with Gasteiger partial charge in [-0.15, -0.1) is 13.2 Å². The molecule has 162 valence electrons. The van der Waals surface area contributed by atoms with Gasteiger partial charge in [0.1, 0.15) is 18.1 Å². The quantitative estimate of drug-likeness (QED) is 0.418. The van der Waals surface area contributed by atoms with Crippen molar-refractivity contribution in [2.45, 2.75) is 12.9 Å². The molecule has 0 spiro atoms. The zero-order valence-electron chi connectivity index (χ0n) is 16.7. The van der Waals surface area contributed by atoms with Gasteiger partial charge in [-0.3, -0.25) is 4.79 Å². The molecular weight excluding hydrogens is 419 g/mol. The van der Waals surface area contributed by atoms with Crippen molar-refractivity contribution in [3.8, 4) is 5.75 Å². The first-order valence-corrected chi connectivity index (χ1v) is 9.71. The Hall–Kier alpha value is -4.07. The number of hydrogen-bond donors (Lipinski definition) is 1. The van der Waals surface area contributed by atoms with Crippen molar-refractivity contribution < 1.29 is 22.7 Å². The fourth-order valence-electron chi connectivity index (χ4n) is 3.21. The van der Waals surface area contributed by atoms with Crippen LogP contribution < -0.4 is 10.1 Å². The lowest BCUT2D eigenvalue weighted by Gasteiger charge is -2.11. The van der Waals surface area contributed by atoms with Crippen LogP contribution in [0.5, 0.6) is 5.75 Å². The summed E-state index contributed by atoms with van der Waals surface area (Å²) in [4.78, 5) is 17.3. The number of carbonyl (C=O) groups excluding carboxylic acids is 1. The number of halogens is 3. The van der Waals surface area contributed by atoms with Crippen LogP contribution in [0.15, 0.2) is 78.9 Å². The summed E-state index contributed by atoms with van der Waals surface area (Å²) in [6.07, 6.45) is -1.02. The van der Waals surface area contributed by atoms with Gasteiger partial charge in [-0.25, -0.2) is 4.98 Å². The molecule has 4 rings (SSSR count). The number of aromatic nitrogens is 2. The third-order valence-electron chi connectivity index (χ3n) is 4.58. The van der Waals surface area contributed by atoms with E-state index in [0.29, 0.717) is 11.5 Å².